The van der Waals surface area contributed by atoms with Crippen LogP contribution in [0.3, 0.4) is 0 Å². The van der Waals surface area contributed by atoms with Crippen LogP contribution >= 0.6 is 0 Å². The van der Waals surface area contributed by atoms with Gasteiger partial charge in [-0.1, -0.05) is 25.3 Å². The van der Waals surface area contributed by atoms with Gasteiger partial charge in [-0.2, -0.15) is 0 Å². The summed E-state index contributed by atoms with van der Waals surface area (Å²) in [5, 5.41) is 22.6. The minimum Gasteiger partial charge on any atom is -0.508 e. The first-order valence-electron chi connectivity index (χ1n) is 7.00. The van der Waals surface area contributed by atoms with Crippen molar-refractivity contribution in [3.63, 3.8) is 0 Å². The Kier molecular flexibility index (Phi) is 4.77. The van der Waals surface area contributed by atoms with Crippen LogP contribution in [-0.4, -0.2) is 22.4 Å². The molecule has 2 rings (SSSR count). The van der Waals surface area contributed by atoms with Gasteiger partial charge in [0.25, 0.3) is 0 Å². The number of halogens is 1. The van der Waals surface area contributed by atoms with E-state index in [1.54, 1.807) is 6.07 Å². The van der Waals surface area contributed by atoms with Gasteiger partial charge in [0, 0.05) is 23.7 Å². The molecule has 3 atom stereocenters. The zero-order chi connectivity index (χ0) is 13.8. The second-order valence-electron chi connectivity index (χ2n) is 5.41. The standard InChI is InChI=1S/C15H22FNO2/c1-10(12-8-7-11(18)9-13(12)16)17-14-5-3-2-4-6-15(14)19/h7-10,14-15,17-19H,2-6H2,1H3. The van der Waals surface area contributed by atoms with Gasteiger partial charge in [-0.3, -0.25) is 0 Å². The fourth-order valence-corrected chi connectivity index (χ4v) is 2.76. The molecule has 0 radical (unpaired) electrons. The van der Waals surface area contributed by atoms with E-state index < -0.39 is 5.82 Å². The van der Waals surface area contributed by atoms with E-state index in [4.69, 9.17) is 0 Å². The third kappa shape index (κ3) is 3.67. The molecule has 3 N–H and O–H groups in total. The molecule has 19 heavy (non-hydrogen) atoms. The monoisotopic (exact) mass is 267 g/mol. The van der Waals surface area contributed by atoms with E-state index in [0.717, 1.165) is 38.2 Å². The Labute approximate surface area is 113 Å². The molecule has 0 aromatic heterocycles. The molecule has 3 nitrogen and oxygen atoms in total. The van der Waals surface area contributed by atoms with Gasteiger partial charge < -0.3 is 15.5 Å². The second-order valence-corrected chi connectivity index (χ2v) is 5.41. The maximum Gasteiger partial charge on any atom is 0.131 e. The Morgan fingerprint density at radius 2 is 2.00 bits per heavy atom. The van der Waals surface area contributed by atoms with E-state index in [1.165, 1.54) is 6.07 Å². The van der Waals surface area contributed by atoms with Gasteiger partial charge in [-0.15, -0.1) is 0 Å². The number of hydrogen-bond acceptors (Lipinski definition) is 3. The Balaban J connectivity index is 2.04. The van der Waals surface area contributed by atoms with Crippen molar-refractivity contribution in [2.24, 2.45) is 0 Å². The fourth-order valence-electron chi connectivity index (χ4n) is 2.76. The summed E-state index contributed by atoms with van der Waals surface area (Å²) >= 11 is 0. The number of hydrogen-bond donors (Lipinski definition) is 3. The third-order valence-electron chi connectivity index (χ3n) is 3.89. The molecule has 4 heteroatoms. The molecule has 0 amide bonds. The summed E-state index contributed by atoms with van der Waals surface area (Å²) in [4.78, 5) is 0. The molecule has 0 saturated heterocycles. The topological polar surface area (TPSA) is 52.5 Å². The van der Waals surface area contributed by atoms with Gasteiger partial charge >= 0.3 is 0 Å². The lowest BCUT2D eigenvalue weighted by atomic mass is 10.0. The predicted molar refractivity (Wildman–Crippen MR) is 72.5 cm³/mol. The van der Waals surface area contributed by atoms with E-state index in [-0.39, 0.29) is 23.9 Å². The highest BCUT2D eigenvalue weighted by Crippen LogP contribution is 2.24. The molecule has 1 aliphatic carbocycles. The fraction of sp³-hybridized carbons (Fsp3) is 0.600. The smallest absolute Gasteiger partial charge is 0.131 e. The maximum atomic E-state index is 13.8. The number of aromatic hydroxyl groups is 1. The summed E-state index contributed by atoms with van der Waals surface area (Å²) in [7, 11) is 0. The molecule has 1 fully saturated rings. The van der Waals surface area contributed by atoms with E-state index in [9.17, 15) is 14.6 Å². The normalized spacial score (nSPS) is 25.8. The van der Waals surface area contributed by atoms with E-state index in [2.05, 4.69) is 5.32 Å². The van der Waals surface area contributed by atoms with E-state index in [1.807, 2.05) is 6.92 Å². The van der Waals surface area contributed by atoms with Crippen molar-refractivity contribution in [1.82, 2.24) is 5.32 Å². The predicted octanol–water partition coefficient (Wildman–Crippen LogP) is 2.88. The first kappa shape index (κ1) is 14.3. The second kappa shape index (κ2) is 6.35. The minimum atomic E-state index is -0.414. The molecule has 0 aliphatic heterocycles. The first-order valence-corrected chi connectivity index (χ1v) is 7.00. The van der Waals surface area contributed by atoms with Gasteiger partial charge in [0.15, 0.2) is 0 Å². The Bertz CT molecular complexity index is 425. The highest BCUT2D eigenvalue weighted by Gasteiger charge is 2.24. The molecule has 1 saturated carbocycles. The van der Waals surface area contributed by atoms with Crippen LogP contribution in [0.5, 0.6) is 5.75 Å². The average molecular weight is 267 g/mol. The lowest BCUT2D eigenvalue weighted by molar-refractivity contribution is 0.114. The lowest BCUT2D eigenvalue weighted by Gasteiger charge is -2.26. The largest absolute Gasteiger partial charge is 0.508 e. The van der Waals surface area contributed by atoms with Crippen LogP contribution in [0.2, 0.25) is 0 Å². The van der Waals surface area contributed by atoms with E-state index >= 15 is 0 Å². The van der Waals surface area contributed by atoms with Crippen LogP contribution in [0.15, 0.2) is 18.2 Å². The van der Waals surface area contributed by atoms with Crippen molar-refractivity contribution < 1.29 is 14.6 Å². The lowest BCUT2D eigenvalue weighted by Crippen LogP contribution is -2.40. The maximum absolute atomic E-state index is 13.8. The number of nitrogens with one attached hydrogen (secondary N) is 1. The highest BCUT2D eigenvalue weighted by molar-refractivity contribution is 5.29. The number of aliphatic hydroxyl groups excluding tert-OH is 1. The zero-order valence-corrected chi connectivity index (χ0v) is 11.3. The van der Waals surface area contributed by atoms with Gasteiger partial charge in [0.05, 0.1) is 6.10 Å². The SMILES string of the molecule is CC(NC1CCCCCC1O)c1ccc(O)cc1F. The van der Waals surface area contributed by atoms with Crippen molar-refractivity contribution in [2.75, 3.05) is 0 Å². The molecule has 1 aromatic rings. The number of phenols is 1. The molecule has 0 bridgehead atoms. The van der Waals surface area contributed by atoms with Gasteiger partial charge in [-0.05, 0) is 25.8 Å². The highest BCUT2D eigenvalue weighted by atomic mass is 19.1. The van der Waals surface area contributed by atoms with Crippen LogP contribution in [0.25, 0.3) is 0 Å². The van der Waals surface area contributed by atoms with Crippen molar-refractivity contribution in [1.29, 1.82) is 0 Å². The Hall–Kier alpha value is -1.13. The summed E-state index contributed by atoms with van der Waals surface area (Å²) < 4.78 is 13.8. The zero-order valence-electron chi connectivity index (χ0n) is 11.3. The first-order chi connectivity index (χ1) is 9.08. The summed E-state index contributed by atoms with van der Waals surface area (Å²) in [6, 6.07) is 4.03. The number of phenolic OH excluding ortho intramolecular Hbond substituents is 1. The summed E-state index contributed by atoms with van der Waals surface area (Å²) in [5.74, 6) is -0.480. The van der Waals surface area contributed by atoms with Gasteiger partial charge in [0.2, 0.25) is 0 Å². The van der Waals surface area contributed by atoms with Crippen molar-refractivity contribution in [3.05, 3.63) is 29.6 Å². The number of rotatable bonds is 3. The van der Waals surface area contributed by atoms with Crippen molar-refractivity contribution in [2.45, 2.75) is 57.2 Å². The molecule has 3 unspecified atom stereocenters. The molecule has 0 heterocycles. The molecular formula is C15H22FNO2. The van der Waals surface area contributed by atoms with Crippen LogP contribution in [-0.2, 0) is 0 Å². The summed E-state index contributed by atoms with van der Waals surface area (Å²) in [6.45, 7) is 1.88. The molecule has 106 valence electrons. The van der Waals surface area contributed by atoms with E-state index in [0.29, 0.717) is 5.56 Å². The molecular weight excluding hydrogens is 245 g/mol. The van der Waals surface area contributed by atoms with Crippen LogP contribution in [0.1, 0.15) is 50.6 Å². The van der Waals surface area contributed by atoms with Crippen LogP contribution in [0, 0.1) is 5.82 Å². The summed E-state index contributed by atoms with van der Waals surface area (Å²) in [6.07, 6.45) is 4.68. The minimum absolute atomic E-state index is 0.0192. The Morgan fingerprint density at radius 3 is 2.74 bits per heavy atom. The quantitative estimate of drug-likeness (QED) is 0.738. The van der Waals surface area contributed by atoms with Gasteiger partial charge in [0.1, 0.15) is 11.6 Å². The number of aliphatic hydroxyl groups is 1. The molecule has 0 spiro atoms. The number of benzene rings is 1. The van der Waals surface area contributed by atoms with Crippen molar-refractivity contribution >= 4 is 0 Å². The summed E-state index contributed by atoms with van der Waals surface area (Å²) in [5.41, 5.74) is 0.522. The molecule has 1 aliphatic rings. The average Bonchev–Trinajstić information content (AvgIpc) is 2.55. The molecule has 1 aromatic carbocycles. The van der Waals surface area contributed by atoms with Crippen LogP contribution < -0.4 is 5.32 Å². The van der Waals surface area contributed by atoms with Crippen molar-refractivity contribution in [3.8, 4) is 5.75 Å². The third-order valence-corrected chi connectivity index (χ3v) is 3.89. The van der Waals surface area contributed by atoms with Crippen LogP contribution in [0.4, 0.5) is 4.39 Å². The Morgan fingerprint density at radius 1 is 1.26 bits per heavy atom. The van der Waals surface area contributed by atoms with Gasteiger partial charge in [-0.25, -0.2) is 4.39 Å².